The summed E-state index contributed by atoms with van der Waals surface area (Å²) in [6.45, 7) is 1.59. The number of halogens is 1. The van der Waals surface area contributed by atoms with Crippen LogP contribution in [0.15, 0.2) is 48.9 Å². The van der Waals surface area contributed by atoms with Crippen LogP contribution < -0.4 is 20.1 Å². The van der Waals surface area contributed by atoms with Gasteiger partial charge in [0.15, 0.2) is 0 Å². The highest BCUT2D eigenvalue weighted by atomic mass is 32.2. The molecule has 2 aliphatic carbocycles. The van der Waals surface area contributed by atoms with Crippen LogP contribution in [0.5, 0.6) is 5.88 Å². The molecule has 17 heteroatoms. The predicted octanol–water partition coefficient (Wildman–Crippen LogP) is 2.02. The lowest BCUT2D eigenvalue weighted by atomic mass is 10.0. The number of nitrogens with zero attached hydrogens (tertiary/aromatic N) is 5. The molecular formula is C35H39FN8O7S. The average Bonchev–Trinajstić information content (AvgIpc) is 4.04. The highest BCUT2D eigenvalue weighted by Crippen LogP contribution is 2.46. The van der Waals surface area contributed by atoms with Crippen molar-refractivity contribution >= 4 is 44.7 Å². The number of ether oxygens (including phenoxy) is 1. The number of rotatable bonds is 7. The maximum absolute atomic E-state index is 14.4. The molecule has 52 heavy (non-hydrogen) atoms. The molecule has 0 radical (unpaired) electrons. The van der Waals surface area contributed by atoms with Gasteiger partial charge in [0.2, 0.25) is 27.7 Å². The number of carbonyl (C=O) groups excluding carboxylic acids is 4. The lowest BCUT2D eigenvalue weighted by Crippen LogP contribution is -2.58. The molecule has 4 amide bonds. The van der Waals surface area contributed by atoms with Gasteiger partial charge in [-0.15, -0.1) is 0 Å². The van der Waals surface area contributed by atoms with Crippen LogP contribution in [0.4, 0.5) is 4.39 Å². The largest absolute Gasteiger partial charge is 0.471 e. The molecule has 274 valence electrons. The van der Waals surface area contributed by atoms with Gasteiger partial charge in [0.05, 0.1) is 22.8 Å². The highest BCUT2D eigenvalue weighted by molar-refractivity contribution is 7.91. The van der Waals surface area contributed by atoms with Gasteiger partial charge in [-0.1, -0.05) is 25.0 Å². The van der Waals surface area contributed by atoms with E-state index in [0.29, 0.717) is 36.9 Å². The zero-order chi connectivity index (χ0) is 36.6. The monoisotopic (exact) mass is 734 g/mol. The van der Waals surface area contributed by atoms with Gasteiger partial charge in [-0.2, -0.15) is 0 Å². The van der Waals surface area contributed by atoms with Crippen LogP contribution in [0.1, 0.15) is 74.0 Å². The number of hydrogen-bond donors (Lipinski definition) is 3. The quantitative estimate of drug-likeness (QED) is 0.300. The summed E-state index contributed by atoms with van der Waals surface area (Å²) in [5.74, 6) is -3.47. The van der Waals surface area contributed by atoms with Gasteiger partial charge in [-0.25, -0.2) is 32.7 Å². The van der Waals surface area contributed by atoms with Gasteiger partial charge < -0.3 is 20.3 Å². The van der Waals surface area contributed by atoms with E-state index in [4.69, 9.17) is 4.74 Å². The maximum atomic E-state index is 14.4. The lowest BCUT2D eigenvalue weighted by molar-refractivity contribution is -0.141. The van der Waals surface area contributed by atoms with Gasteiger partial charge in [-0.05, 0) is 63.6 Å². The van der Waals surface area contributed by atoms with E-state index in [1.54, 1.807) is 6.92 Å². The second-order valence-corrected chi connectivity index (χ2v) is 15.8. The van der Waals surface area contributed by atoms with E-state index in [-0.39, 0.29) is 42.9 Å². The third-order valence-corrected chi connectivity index (χ3v) is 11.8. The zero-order valence-electron chi connectivity index (χ0n) is 28.5. The van der Waals surface area contributed by atoms with Crippen molar-refractivity contribution in [1.82, 2.24) is 40.2 Å². The number of allylic oxidation sites excluding steroid dienone is 1. The van der Waals surface area contributed by atoms with E-state index in [1.165, 1.54) is 41.7 Å². The Labute approximate surface area is 299 Å². The summed E-state index contributed by atoms with van der Waals surface area (Å²) in [5, 5.41) is 4.98. The Morgan fingerprint density at radius 3 is 2.67 bits per heavy atom. The van der Waals surface area contributed by atoms with E-state index in [1.807, 2.05) is 12.2 Å². The normalized spacial score (nSPS) is 27.3. The minimum Gasteiger partial charge on any atom is -0.471 e. The van der Waals surface area contributed by atoms with Crippen LogP contribution >= 0.6 is 0 Å². The molecule has 4 aliphatic rings. The lowest BCUT2D eigenvalue weighted by Gasteiger charge is -2.29. The van der Waals surface area contributed by atoms with Gasteiger partial charge in [0, 0.05) is 24.6 Å². The molecule has 4 heterocycles. The van der Waals surface area contributed by atoms with Crippen molar-refractivity contribution in [3.63, 3.8) is 0 Å². The van der Waals surface area contributed by atoms with Crippen LogP contribution in [0.25, 0.3) is 11.0 Å². The Balaban J connectivity index is 1.19. The number of hydrogen-bond acceptors (Lipinski definition) is 11. The summed E-state index contributed by atoms with van der Waals surface area (Å²) in [7, 11) is -3.91. The van der Waals surface area contributed by atoms with Gasteiger partial charge in [-0.3, -0.25) is 23.9 Å². The first-order valence-electron chi connectivity index (χ1n) is 17.5. The Morgan fingerprint density at radius 2 is 1.90 bits per heavy atom. The summed E-state index contributed by atoms with van der Waals surface area (Å²) in [6.07, 6.45) is 9.73. The third-order valence-electron chi connectivity index (χ3n) is 10.00. The number of fused-ring (bicyclic) bond motifs is 3. The Morgan fingerprint density at radius 1 is 1.08 bits per heavy atom. The Bertz CT molecular complexity index is 2050. The SMILES string of the molecule is Cc1nc2ccc(F)cc2nc1O[C@@H]1C[C@H]2C(=O)N[C@]3(C(=O)NS(=O)(=O)C4CC4)C[C@H]3/C=C\CCCCC[C@H](NC(=O)c3ccncn3)C(=O)N2C1. The molecule has 3 aromatic rings. The fourth-order valence-electron chi connectivity index (χ4n) is 6.87. The number of amides is 4. The van der Waals surface area contributed by atoms with Crippen molar-refractivity contribution in [2.75, 3.05) is 6.54 Å². The van der Waals surface area contributed by atoms with Crippen molar-refractivity contribution in [2.45, 2.75) is 93.7 Å². The molecule has 2 saturated carbocycles. The van der Waals surface area contributed by atoms with Crippen LogP contribution in [-0.4, -0.2) is 92.4 Å². The predicted molar refractivity (Wildman–Crippen MR) is 183 cm³/mol. The summed E-state index contributed by atoms with van der Waals surface area (Å²) in [5.41, 5.74) is -0.334. The Kier molecular flexibility index (Phi) is 9.63. The van der Waals surface area contributed by atoms with Crippen LogP contribution in [0, 0.1) is 18.7 Å². The molecule has 1 saturated heterocycles. The third kappa shape index (κ3) is 7.45. The molecule has 3 fully saturated rings. The first-order valence-corrected chi connectivity index (χ1v) is 19.0. The number of benzene rings is 1. The fourth-order valence-corrected chi connectivity index (χ4v) is 8.24. The molecule has 5 atom stereocenters. The summed E-state index contributed by atoms with van der Waals surface area (Å²) >= 11 is 0. The summed E-state index contributed by atoms with van der Waals surface area (Å²) in [6, 6.07) is 3.23. The van der Waals surface area contributed by atoms with E-state index < -0.39 is 74.4 Å². The maximum Gasteiger partial charge on any atom is 0.270 e. The number of aromatic nitrogens is 4. The standard InChI is InChI=1S/C35H39FN8O7S/c1-20-32(41-28-15-22(36)9-12-25(28)39-20)51-23-16-29-31(46)42-35(34(48)43-52(49,50)24-10-11-24)17-21(35)7-5-3-2-4-6-8-27(33(47)44(29)18-23)40-30(45)26-13-14-37-19-38-26/h5,7,9,12-15,19,21,23-24,27,29H,2-4,6,8,10-11,16-18H2,1H3,(H,40,45)(H,42,46)(H,43,48)/b7-5-/t21-,23-,27+,29+,35-/m1/s1. The number of sulfonamides is 1. The molecule has 2 aromatic heterocycles. The number of nitrogens with one attached hydrogen (secondary N) is 3. The molecule has 7 rings (SSSR count). The number of carbonyl (C=O) groups is 4. The second kappa shape index (κ2) is 14.2. The van der Waals surface area contributed by atoms with Gasteiger partial charge in [0.1, 0.15) is 47.3 Å². The second-order valence-electron chi connectivity index (χ2n) is 13.9. The number of aryl methyl sites for hydroxylation is 1. The fraction of sp³-hybridized carbons (Fsp3) is 0.486. The molecule has 0 spiro atoms. The van der Waals surface area contributed by atoms with E-state index in [0.717, 1.165) is 12.8 Å². The van der Waals surface area contributed by atoms with Crippen molar-refractivity contribution in [3.05, 3.63) is 66.1 Å². The summed E-state index contributed by atoms with van der Waals surface area (Å²) < 4.78 is 48.0. The zero-order valence-corrected chi connectivity index (χ0v) is 29.3. The van der Waals surface area contributed by atoms with Crippen molar-refractivity contribution < 1.29 is 36.7 Å². The minimum atomic E-state index is -3.91. The van der Waals surface area contributed by atoms with E-state index in [9.17, 15) is 32.0 Å². The van der Waals surface area contributed by atoms with Crippen LogP contribution in [0.3, 0.4) is 0 Å². The van der Waals surface area contributed by atoms with Crippen LogP contribution in [-0.2, 0) is 24.4 Å². The Hall–Kier alpha value is -5.06. The van der Waals surface area contributed by atoms with E-state index in [2.05, 4.69) is 35.3 Å². The van der Waals surface area contributed by atoms with Gasteiger partial charge in [0.25, 0.3) is 11.8 Å². The summed E-state index contributed by atoms with van der Waals surface area (Å²) in [4.78, 5) is 73.7. The van der Waals surface area contributed by atoms with Crippen molar-refractivity contribution in [3.8, 4) is 5.88 Å². The molecule has 0 unspecified atom stereocenters. The molecule has 2 aliphatic heterocycles. The minimum absolute atomic E-state index is 0.0228. The van der Waals surface area contributed by atoms with Crippen molar-refractivity contribution in [2.24, 2.45) is 5.92 Å². The van der Waals surface area contributed by atoms with Crippen LogP contribution in [0.2, 0.25) is 0 Å². The average molecular weight is 735 g/mol. The molecule has 0 bridgehead atoms. The molecule has 15 nitrogen and oxygen atoms in total. The molecule has 1 aromatic carbocycles. The van der Waals surface area contributed by atoms with E-state index >= 15 is 0 Å². The van der Waals surface area contributed by atoms with Crippen molar-refractivity contribution in [1.29, 1.82) is 0 Å². The smallest absolute Gasteiger partial charge is 0.270 e. The highest BCUT2D eigenvalue weighted by Gasteiger charge is 2.62. The topological polar surface area (TPSA) is 203 Å². The van der Waals surface area contributed by atoms with Gasteiger partial charge >= 0.3 is 0 Å². The molecular weight excluding hydrogens is 695 g/mol. The first kappa shape index (κ1) is 35.3. The first-order chi connectivity index (χ1) is 24.9. The molecule has 3 N–H and O–H groups in total.